The minimum atomic E-state index is -3.88. The molecule has 1 amide bonds. The molecule has 8 heteroatoms. The first kappa shape index (κ1) is 14.9. The number of halogens is 1. The van der Waals surface area contributed by atoms with Crippen LogP contribution in [-0.2, 0) is 21.4 Å². The van der Waals surface area contributed by atoms with E-state index in [2.05, 4.69) is 4.72 Å². The molecule has 0 aliphatic carbocycles. The van der Waals surface area contributed by atoms with Crippen molar-refractivity contribution in [1.82, 2.24) is 4.72 Å². The molecule has 1 rings (SSSR count). The van der Waals surface area contributed by atoms with Crippen LogP contribution in [0.4, 0.5) is 0 Å². The molecule has 0 bridgehead atoms. The summed E-state index contributed by atoms with van der Waals surface area (Å²) in [5, 5.41) is 0.0436. The summed E-state index contributed by atoms with van der Waals surface area (Å²) in [5.41, 5.74) is 11.1. The van der Waals surface area contributed by atoms with Crippen molar-refractivity contribution in [1.29, 1.82) is 0 Å². The Kier molecular flexibility index (Phi) is 4.69. The van der Waals surface area contributed by atoms with Gasteiger partial charge in [-0.3, -0.25) is 4.79 Å². The van der Waals surface area contributed by atoms with Gasteiger partial charge in [-0.2, -0.15) is 4.72 Å². The number of hydrogen-bond acceptors (Lipinski definition) is 4. The van der Waals surface area contributed by atoms with Crippen LogP contribution in [0.3, 0.4) is 0 Å². The molecule has 0 heterocycles. The summed E-state index contributed by atoms with van der Waals surface area (Å²) >= 11 is 5.86. The van der Waals surface area contributed by atoms with E-state index in [9.17, 15) is 13.2 Å². The molecule has 1 unspecified atom stereocenters. The third kappa shape index (κ3) is 3.42. The van der Waals surface area contributed by atoms with E-state index in [0.717, 1.165) is 0 Å². The molecule has 0 saturated carbocycles. The maximum absolute atomic E-state index is 11.9. The number of carbonyl (C=O) groups excluding carboxylic acids is 1. The molecular formula is C10H14ClN3O3S. The highest BCUT2D eigenvalue weighted by Crippen LogP contribution is 2.22. The molecule has 0 aromatic heterocycles. The first-order chi connectivity index (χ1) is 8.27. The molecule has 1 aromatic carbocycles. The Labute approximate surface area is 110 Å². The van der Waals surface area contributed by atoms with Gasteiger partial charge in [0.1, 0.15) is 4.90 Å². The van der Waals surface area contributed by atoms with Gasteiger partial charge < -0.3 is 11.5 Å². The van der Waals surface area contributed by atoms with Gasteiger partial charge in [0.05, 0.1) is 11.1 Å². The van der Waals surface area contributed by atoms with Gasteiger partial charge in [-0.05, 0) is 24.6 Å². The summed E-state index contributed by atoms with van der Waals surface area (Å²) in [5.74, 6) is -0.770. The lowest BCUT2D eigenvalue weighted by Crippen LogP contribution is -2.42. The number of benzene rings is 1. The number of hydrogen-bond donors (Lipinski definition) is 3. The van der Waals surface area contributed by atoms with Gasteiger partial charge in [0.15, 0.2) is 0 Å². The molecule has 0 saturated heterocycles. The standard InChI is InChI=1S/C10H14ClN3O3S/c1-6(10(13)15)14-18(16,17)9-3-2-7(5-12)4-8(9)11/h2-4,6,14H,5,12H2,1H3,(H2,13,15). The van der Waals surface area contributed by atoms with Crippen LogP contribution in [0.15, 0.2) is 23.1 Å². The lowest BCUT2D eigenvalue weighted by molar-refractivity contribution is -0.119. The molecule has 0 spiro atoms. The lowest BCUT2D eigenvalue weighted by Gasteiger charge is -2.12. The maximum atomic E-state index is 11.9. The van der Waals surface area contributed by atoms with E-state index in [4.69, 9.17) is 23.1 Å². The van der Waals surface area contributed by atoms with Gasteiger partial charge in [-0.15, -0.1) is 0 Å². The van der Waals surface area contributed by atoms with Crippen molar-refractivity contribution in [2.45, 2.75) is 24.4 Å². The molecule has 0 aliphatic rings. The number of primary amides is 1. The first-order valence-corrected chi connectivity index (χ1v) is 6.94. The minimum Gasteiger partial charge on any atom is -0.368 e. The van der Waals surface area contributed by atoms with Crippen LogP contribution in [0.2, 0.25) is 5.02 Å². The van der Waals surface area contributed by atoms with Crippen LogP contribution < -0.4 is 16.2 Å². The Morgan fingerprint density at radius 1 is 1.50 bits per heavy atom. The first-order valence-electron chi connectivity index (χ1n) is 5.08. The van der Waals surface area contributed by atoms with Gasteiger partial charge in [-0.1, -0.05) is 17.7 Å². The fourth-order valence-electron chi connectivity index (χ4n) is 1.24. The Morgan fingerprint density at radius 3 is 2.56 bits per heavy atom. The van der Waals surface area contributed by atoms with Gasteiger partial charge in [-0.25, -0.2) is 8.42 Å². The monoisotopic (exact) mass is 291 g/mol. The highest BCUT2D eigenvalue weighted by Gasteiger charge is 2.22. The number of sulfonamides is 1. The summed E-state index contributed by atoms with van der Waals surface area (Å²) in [7, 11) is -3.88. The van der Waals surface area contributed by atoms with E-state index in [1.807, 2.05) is 0 Å². The molecule has 6 nitrogen and oxygen atoms in total. The van der Waals surface area contributed by atoms with E-state index in [0.29, 0.717) is 5.56 Å². The van der Waals surface area contributed by atoms with Gasteiger partial charge >= 0.3 is 0 Å². The second kappa shape index (κ2) is 5.66. The average Bonchev–Trinajstić information content (AvgIpc) is 2.27. The molecule has 100 valence electrons. The van der Waals surface area contributed by atoms with Crippen LogP contribution in [-0.4, -0.2) is 20.4 Å². The quantitative estimate of drug-likeness (QED) is 0.705. The predicted octanol–water partition coefficient (Wildman–Crippen LogP) is -0.0492. The van der Waals surface area contributed by atoms with Crippen LogP contribution >= 0.6 is 11.6 Å². The molecule has 0 fully saturated rings. The second-order valence-corrected chi connectivity index (χ2v) is 5.80. The van der Waals surface area contributed by atoms with Gasteiger partial charge in [0.25, 0.3) is 0 Å². The zero-order valence-electron chi connectivity index (χ0n) is 9.68. The largest absolute Gasteiger partial charge is 0.368 e. The molecular weight excluding hydrogens is 278 g/mol. The van der Waals surface area contributed by atoms with E-state index >= 15 is 0 Å². The molecule has 5 N–H and O–H groups in total. The SMILES string of the molecule is CC(NS(=O)(=O)c1ccc(CN)cc1Cl)C(N)=O. The van der Waals surface area contributed by atoms with Crippen LogP contribution in [0, 0.1) is 0 Å². The minimum absolute atomic E-state index is 0.0436. The van der Waals surface area contributed by atoms with Crippen molar-refractivity contribution in [3.63, 3.8) is 0 Å². The fourth-order valence-corrected chi connectivity index (χ4v) is 3.02. The Hall–Kier alpha value is -1.15. The molecule has 1 atom stereocenters. The van der Waals surface area contributed by atoms with Crippen molar-refractivity contribution >= 4 is 27.5 Å². The van der Waals surface area contributed by atoms with E-state index in [1.54, 1.807) is 6.07 Å². The fraction of sp³-hybridized carbons (Fsp3) is 0.300. The highest BCUT2D eigenvalue weighted by atomic mass is 35.5. The molecule has 1 aromatic rings. The van der Waals surface area contributed by atoms with E-state index in [-0.39, 0.29) is 16.5 Å². The summed E-state index contributed by atoms with van der Waals surface area (Å²) in [6.07, 6.45) is 0. The smallest absolute Gasteiger partial charge is 0.242 e. The Balaban J connectivity index is 3.09. The lowest BCUT2D eigenvalue weighted by atomic mass is 10.2. The van der Waals surface area contributed by atoms with Crippen molar-refractivity contribution in [2.24, 2.45) is 11.5 Å². The van der Waals surface area contributed by atoms with Crippen LogP contribution in [0.1, 0.15) is 12.5 Å². The second-order valence-electron chi connectivity index (χ2n) is 3.71. The predicted molar refractivity (Wildman–Crippen MR) is 68.3 cm³/mol. The van der Waals surface area contributed by atoms with Gasteiger partial charge in [0.2, 0.25) is 15.9 Å². The number of rotatable bonds is 5. The van der Waals surface area contributed by atoms with Crippen molar-refractivity contribution in [3.8, 4) is 0 Å². The topological polar surface area (TPSA) is 115 Å². The van der Waals surface area contributed by atoms with E-state index in [1.165, 1.54) is 19.1 Å². The molecule has 18 heavy (non-hydrogen) atoms. The maximum Gasteiger partial charge on any atom is 0.242 e. The summed E-state index contributed by atoms with van der Waals surface area (Å²) < 4.78 is 26.0. The van der Waals surface area contributed by atoms with Crippen molar-refractivity contribution in [2.75, 3.05) is 0 Å². The third-order valence-electron chi connectivity index (χ3n) is 2.28. The summed E-state index contributed by atoms with van der Waals surface area (Å²) in [4.78, 5) is 10.7. The molecule has 0 radical (unpaired) electrons. The highest BCUT2D eigenvalue weighted by molar-refractivity contribution is 7.89. The number of nitrogens with one attached hydrogen (secondary N) is 1. The average molecular weight is 292 g/mol. The van der Waals surface area contributed by atoms with E-state index < -0.39 is 22.0 Å². The van der Waals surface area contributed by atoms with Gasteiger partial charge in [0, 0.05) is 6.54 Å². The number of amides is 1. The van der Waals surface area contributed by atoms with Crippen LogP contribution in [0.25, 0.3) is 0 Å². The summed E-state index contributed by atoms with van der Waals surface area (Å²) in [6, 6.07) is 3.33. The zero-order valence-corrected chi connectivity index (χ0v) is 11.3. The normalized spacial score (nSPS) is 13.3. The number of carbonyl (C=O) groups is 1. The van der Waals surface area contributed by atoms with Crippen molar-refractivity contribution in [3.05, 3.63) is 28.8 Å². The summed E-state index contributed by atoms with van der Waals surface area (Å²) in [6.45, 7) is 1.60. The Bertz CT molecular complexity index is 559. The van der Waals surface area contributed by atoms with Crippen molar-refractivity contribution < 1.29 is 13.2 Å². The number of nitrogens with two attached hydrogens (primary N) is 2. The molecule has 0 aliphatic heterocycles. The Morgan fingerprint density at radius 2 is 2.11 bits per heavy atom. The zero-order chi connectivity index (χ0) is 13.9. The third-order valence-corrected chi connectivity index (χ3v) is 4.30. The van der Waals surface area contributed by atoms with Crippen LogP contribution in [0.5, 0.6) is 0 Å².